The van der Waals surface area contributed by atoms with E-state index in [0.29, 0.717) is 24.8 Å². The minimum absolute atomic E-state index is 0.136. The zero-order chi connectivity index (χ0) is 20.2. The minimum Gasteiger partial charge on any atom is -0.339 e. The van der Waals surface area contributed by atoms with Gasteiger partial charge < -0.3 is 14.7 Å². The fourth-order valence-electron chi connectivity index (χ4n) is 3.68. The molecule has 0 saturated carbocycles. The van der Waals surface area contributed by atoms with Crippen molar-refractivity contribution >= 4 is 6.03 Å². The van der Waals surface area contributed by atoms with Crippen molar-refractivity contribution in [2.45, 2.75) is 31.7 Å². The third kappa shape index (κ3) is 4.45. The number of hydrogen-bond donors (Lipinski definition) is 1. The fourth-order valence-corrected chi connectivity index (χ4v) is 3.68. The third-order valence-corrected chi connectivity index (χ3v) is 5.28. The van der Waals surface area contributed by atoms with Crippen LogP contribution in [0.5, 0.6) is 0 Å². The Morgan fingerprint density at radius 3 is 2.38 bits per heavy atom. The number of nitrogens with one attached hydrogen (secondary N) is 1. The van der Waals surface area contributed by atoms with Crippen LogP contribution in [0, 0.1) is 12.7 Å². The molecule has 2 heterocycles. The number of carbonyl (C=O) groups is 1. The largest absolute Gasteiger partial charge is 0.339 e. The number of aryl methyl sites for hydroxylation is 1. The van der Waals surface area contributed by atoms with Gasteiger partial charge >= 0.3 is 6.03 Å². The first-order chi connectivity index (χ1) is 14.1. The summed E-state index contributed by atoms with van der Waals surface area (Å²) in [5, 5.41) is 6.96. The van der Waals surface area contributed by atoms with Crippen molar-refractivity contribution in [2.75, 3.05) is 13.1 Å². The monoisotopic (exact) mass is 394 g/mol. The summed E-state index contributed by atoms with van der Waals surface area (Å²) in [6, 6.07) is 15.4. The molecule has 1 atom stereocenters. The molecule has 1 saturated heterocycles. The number of aromatic nitrogens is 2. The van der Waals surface area contributed by atoms with E-state index in [2.05, 4.69) is 15.5 Å². The highest BCUT2D eigenvalue weighted by atomic mass is 19.1. The number of carbonyl (C=O) groups excluding carboxylic acids is 1. The third-order valence-electron chi connectivity index (χ3n) is 5.28. The van der Waals surface area contributed by atoms with E-state index >= 15 is 0 Å². The number of amides is 2. The first-order valence-corrected chi connectivity index (χ1v) is 9.76. The van der Waals surface area contributed by atoms with Crippen LogP contribution in [0.3, 0.4) is 0 Å². The van der Waals surface area contributed by atoms with Gasteiger partial charge in [0.1, 0.15) is 5.82 Å². The van der Waals surface area contributed by atoms with E-state index < -0.39 is 0 Å². The molecule has 3 aromatic rings. The summed E-state index contributed by atoms with van der Waals surface area (Å²) in [5.41, 5.74) is 1.78. The van der Waals surface area contributed by atoms with Crippen molar-refractivity contribution in [1.29, 1.82) is 0 Å². The Morgan fingerprint density at radius 1 is 1.10 bits per heavy atom. The molecule has 1 unspecified atom stereocenters. The minimum atomic E-state index is -0.347. The molecule has 0 aliphatic carbocycles. The van der Waals surface area contributed by atoms with Crippen LogP contribution in [0.4, 0.5) is 9.18 Å². The Morgan fingerprint density at radius 2 is 1.76 bits per heavy atom. The Labute approximate surface area is 168 Å². The van der Waals surface area contributed by atoms with E-state index in [1.54, 1.807) is 24.0 Å². The van der Waals surface area contributed by atoms with E-state index in [0.717, 1.165) is 24.0 Å². The van der Waals surface area contributed by atoms with Crippen LogP contribution < -0.4 is 5.32 Å². The summed E-state index contributed by atoms with van der Waals surface area (Å²) in [4.78, 5) is 19.1. The van der Waals surface area contributed by atoms with Gasteiger partial charge in [-0.05, 0) is 43.0 Å². The standard InChI is InChI=1S/C22H23FN4O2/c1-15-24-21(29-26-15)18-11-13-27(14-12-18)22(28)25-20(16-5-3-2-4-6-16)17-7-9-19(23)10-8-17/h2-10,18,20H,11-14H2,1H3,(H,25,28). The normalized spacial score (nSPS) is 15.9. The van der Waals surface area contributed by atoms with Gasteiger partial charge in [0, 0.05) is 19.0 Å². The number of likely N-dealkylation sites (tertiary alicyclic amines) is 1. The quantitative estimate of drug-likeness (QED) is 0.720. The molecule has 4 rings (SSSR count). The van der Waals surface area contributed by atoms with E-state index in [1.807, 2.05) is 30.3 Å². The molecule has 2 aromatic carbocycles. The Hall–Kier alpha value is -3.22. The molecular formula is C22H23FN4O2. The lowest BCUT2D eigenvalue weighted by molar-refractivity contribution is 0.173. The molecule has 2 amide bonds. The first kappa shape index (κ1) is 19.1. The average molecular weight is 394 g/mol. The molecule has 1 aliphatic heterocycles. The fraction of sp³-hybridized carbons (Fsp3) is 0.318. The number of rotatable bonds is 4. The van der Waals surface area contributed by atoms with Crippen LogP contribution in [0.2, 0.25) is 0 Å². The van der Waals surface area contributed by atoms with Gasteiger partial charge in [0.25, 0.3) is 0 Å². The van der Waals surface area contributed by atoms with Gasteiger partial charge in [-0.3, -0.25) is 0 Å². The lowest BCUT2D eigenvalue weighted by Crippen LogP contribution is -2.45. The molecule has 0 spiro atoms. The molecule has 0 bridgehead atoms. The molecule has 0 radical (unpaired) electrons. The van der Waals surface area contributed by atoms with E-state index in [-0.39, 0.29) is 23.8 Å². The summed E-state index contributed by atoms with van der Waals surface area (Å²) >= 11 is 0. The van der Waals surface area contributed by atoms with Crippen LogP contribution in [0.1, 0.15) is 47.6 Å². The van der Waals surface area contributed by atoms with Gasteiger partial charge in [-0.1, -0.05) is 47.6 Å². The number of urea groups is 1. The van der Waals surface area contributed by atoms with Crippen molar-refractivity contribution in [3.8, 4) is 0 Å². The van der Waals surface area contributed by atoms with Gasteiger partial charge in [0.05, 0.1) is 6.04 Å². The maximum absolute atomic E-state index is 13.4. The Balaban J connectivity index is 1.45. The van der Waals surface area contributed by atoms with Crippen molar-refractivity contribution in [1.82, 2.24) is 20.4 Å². The van der Waals surface area contributed by atoms with E-state index in [4.69, 9.17) is 4.52 Å². The maximum Gasteiger partial charge on any atom is 0.318 e. The predicted molar refractivity (Wildman–Crippen MR) is 106 cm³/mol. The second-order valence-electron chi connectivity index (χ2n) is 7.29. The second kappa shape index (κ2) is 8.43. The Bertz CT molecular complexity index is 950. The van der Waals surface area contributed by atoms with E-state index in [9.17, 15) is 9.18 Å². The zero-order valence-corrected chi connectivity index (χ0v) is 16.2. The number of nitrogens with zero attached hydrogens (tertiary/aromatic N) is 3. The van der Waals surface area contributed by atoms with Crippen molar-refractivity contribution in [3.63, 3.8) is 0 Å². The first-order valence-electron chi connectivity index (χ1n) is 9.76. The van der Waals surface area contributed by atoms with Crippen LogP contribution in [-0.2, 0) is 0 Å². The van der Waals surface area contributed by atoms with Crippen LogP contribution >= 0.6 is 0 Å². The molecule has 6 nitrogen and oxygen atoms in total. The number of benzene rings is 2. The van der Waals surface area contributed by atoms with Gasteiger partial charge in [-0.25, -0.2) is 9.18 Å². The van der Waals surface area contributed by atoms with Crippen LogP contribution in [-0.4, -0.2) is 34.2 Å². The molecule has 150 valence electrons. The molecule has 1 aliphatic rings. The number of piperidine rings is 1. The SMILES string of the molecule is Cc1noc(C2CCN(C(=O)NC(c3ccccc3)c3ccc(F)cc3)CC2)n1. The van der Waals surface area contributed by atoms with Crippen molar-refractivity contribution in [3.05, 3.63) is 83.3 Å². The molecule has 1 N–H and O–H groups in total. The average Bonchev–Trinajstić information content (AvgIpc) is 3.20. The number of halogens is 1. The summed E-state index contributed by atoms with van der Waals surface area (Å²) in [6.07, 6.45) is 1.56. The second-order valence-corrected chi connectivity index (χ2v) is 7.29. The Kier molecular flexibility index (Phi) is 5.55. The smallest absolute Gasteiger partial charge is 0.318 e. The predicted octanol–water partition coefficient (Wildman–Crippen LogP) is 4.20. The highest BCUT2D eigenvalue weighted by Crippen LogP contribution is 2.28. The van der Waals surface area contributed by atoms with Crippen molar-refractivity contribution in [2.24, 2.45) is 0 Å². The summed E-state index contributed by atoms with van der Waals surface area (Å²) in [5.74, 6) is 1.16. The molecule has 1 aromatic heterocycles. The highest BCUT2D eigenvalue weighted by Gasteiger charge is 2.28. The van der Waals surface area contributed by atoms with Gasteiger partial charge in [0.2, 0.25) is 5.89 Å². The molecular weight excluding hydrogens is 371 g/mol. The van der Waals surface area contributed by atoms with Gasteiger partial charge in [-0.15, -0.1) is 0 Å². The lowest BCUT2D eigenvalue weighted by Gasteiger charge is -2.32. The van der Waals surface area contributed by atoms with Crippen molar-refractivity contribution < 1.29 is 13.7 Å². The molecule has 1 fully saturated rings. The summed E-state index contributed by atoms with van der Waals surface area (Å²) < 4.78 is 18.6. The molecule has 29 heavy (non-hydrogen) atoms. The summed E-state index contributed by atoms with van der Waals surface area (Å²) in [7, 11) is 0. The highest BCUT2D eigenvalue weighted by molar-refractivity contribution is 5.75. The van der Waals surface area contributed by atoms with Crippen LogP contribution in [0.25, 0.3) is 0 Å². The van der Waals surface area contributed by atoms with Gasteiger partial charge in [0.15, 0.2) is 5.82 Å². The van der Waals surface area contributed by atoms with Crippen LogP contribution in [0.15, 0.2) is 59.1 Å². The zero-order valence-electron chi connectivity index (χ0n) is 16.2. The van der Waals surface area contributed by atoms with E-state index in [1.165, 1.54) is 12.1 Å². The maximum atomic E-state index is 13.4. The summed E-state index contributed by atoms with van der Waals surface area (Å²) in [6.45, 7) is 3.03. The van der Waals surface area contributed by atoms with Gasteiger partial charge in [-0.2, -0.15) is 4.98 Å². The molecule has 7 heteroatoms. The topological polar surface area (TPSA) is 71.3 Å². The number of hydrogen-bond acceptors (Lipinski definition) is 4. The lowest BCUT2D eigenvalue weighted by atomic mass is 9.96.